The van der Waals surface area contributed by atoms with Crippen molar-refractivity contribution >= 4 is 11.6 Å². The van der Waals surface area contributed by atoms with Gasteiger partial charge in [-0.05, 0) is 13.8 Å². The molecule has 0 atom stereocenters. The van der Waals surface area contributed by atoms with Crippen molar-refractivity contribution in [3.05, 3.63) is 11.4 Å². The summed E-state index contributed by atoms with van der Waals surface area (Å²) in [5.41, 5.74) is 3.51. The number of aliphatic hydroxyl groups excluding tert-OH is 1. The van der Waals surface area contributed by atoms with Gasteiger partial charge in [0.05, 0.1) is 6.61 Å². The van der Waals surface area contributed by atoms with Crippen LogP contribution in [-0.2, 0) is 0 Å². The van der Waals surface area contributed by atoms with Crippen LogP contribution in [0.15, 0.2) is 0 Å². The first-order chi connectivity index (χ1) is 8.54. The van der Waals surface area contributed by atoms with Crippen molar-refractivity contribution in [2.45, 2.75) is 33.6 Å². The Hall–Kier alpha value is -1.40. The number of hydrazine groups is 1. The molecule has 18 heavy (non-hydrogen) atoms. The maximum absolute atomic E-state index is 9.10. The standard InChI is InChI=1S/C12H23N5O/c1-5-17(6-7-18)12-9(4)11(16-13)14-10(15-12)8(2)3/h8,18H,5-7,13H2,1-4H3,(H,14,15,16). The summed E-state index contributed by atoms with van der Waals surface area (Å²) < 4.78 is 0. The maximum atomic E-state index is 9.10. The molecule has 0 saturated heterocycles. The monoisotopic (exact) mass is 253 g/mol. The number of hydrogen-bond donors (Lipinski definition) is 3. The van der Waals surface area contributed by atoms with E-state index >= 15 is 0 Å². The Morgan fingerprint density at radius 2 is 2.06 bits per heavy atom. The third kappa shape index (κ3) is 3.08. The summed E-state index contributed by atoms with van der Waals surface area (Å²) in [6, 6.07) is 0. The van der Waals surface area contributed by atoms with Gasteiger partial charge in [-0.3, -0.25) is 0 Å². The highest BCUT2D eigenvalue weighted by molar-refractivity contribution is 5.58. The lowest BCUT2D eigenvalue weighted by atomic mass is 10.2. The molecule has 0 aliphatic rings. The largest absolute Gasteiger partial charge is 0.395 e. The second-order valence-electron chi connectivity index (χ2n) is 4.48. The topological polar surface area (TPSA) is 87.3 Å². The molecule has 0 saturated carbocycles. The highest BCUT2D eigenvalue weighted by atomic mass is 16.3. The molecule has 0 fully saturated rings. The van der Waals surface area contributed by atoms with Crippen LogP contribution < -0.4 is 16.2 Å². The van der Waals surface area contributed by atoms with E-state index in [9.17, 15) is 0 Å². The van der Waals surface area contributed by atoms with Gasteiger partial charge in [0.1, 0.15) is 17.5 Å². The molecule has 0 amide bonds. The van der Waals surface area contributed by atoms with Crippen LogP contribution in [0, 0.1) is 6.92 Å². The Bertz CT molecular complexity index is 394. The number of anilines is 2. The van der Waals surface area contributed by atoms with Crippen LogP contribution in [0.2, 0.25) is 0 Å². The molecule has 1 aromatic rings. The van der Waals surface area contributed by atoms with E-state index in [1.807, 2.05) is 32.6 Å². The quantitative estimate of drug-likeness (QED) is 0.518. The molecular weight excluding hydrogens is 230 g/mol. The van der Waals surface area contributed by atoms with Crippen molar-refractivity contribution in [3.8, 4) is 0 Å². The summed E-state index contributed by atoms with van der Waals surface area (Å²) in [6.07, 6.45) is 0. The molecule has 0 aromatic carbocycles. The Kier molecular flexibility index (Phi) is 5.30. The van der Waals surface area contributed by atoms with Crippen molar-refractivity contribution in [2.24, 2.45) is 5.84 Å². The van der Waals surface area contributed by atoms with Gasteiger partial charge in [-0.1, -0.05) is 13.8 Å². The highest BCUT2D eigenvalue weighted by Gasteiger charge is 2.16. The zero-order valence-corrected chi connectivity index (χ0v) is 11.6. The Morgan fingerprint density at radius 3 is 2.50 bits per heavy atom. The zero-order valence-electron chi connectivity index (χ0n) is 11.6. The first-order valence-corrected chi connectivity index (χ1v) is 6.26. The van der Waals surface area contributed by atoms with Crippen molar-refractivity contribution in [3.63, 3.8) is 0 Å². The average Bonchev–Trinajstić information content (AvgIpc) is 2.36. The minimum atomic E-state index is 0.0969. The summed E-state index contributed by atoms with van der Waals surface area (Å²) in [5, 5.41) is 9.10. The highest BCUT2D eigenvalue weighted by Crippen LogP contribution is 2.25. The van der Waals surface area contributed by atoms with Gasteiger partial charge in [0, 0.05) is 24.6 Å². The second-order valence-corrected chi connectivity index (χ2v) is 4.48. The number of nitrogens with zero attached hydrogens (tertiary/aromatic N) is 3. The summed E-state index contributed by atoms with van der Waals surface area (Å²) in [7, 11) is 0. The van der Waals surface area contributed by atoms with E-state index < -0.39 is 0 Å². The van der Waals surface area contributed by atoms with Crippen LogP contribution in [-0.4, -0.2) is 34.8 Å². The van der Waals surface area contributed by atoms with Gasteiger partial charge in [0.2, 0.25) is 0 Å². The molecular formula is C12H23N5O. The smallest absolute Gasteiger partial charge is 0.148 e. The molecule has 0 aliphatic carbocycles. The maximum Gasteiger partial charge on any atom is 0.148 e. The lowest BCUT2D eigenvalue weighted by Gasteiger charge is -2.24. The van der Waals surface area contributed by atoms with Crippen LogP contribution in [0.1, 0.15) is 38.1 Å². The van der Waals surface area contributed by atoms with Crippen molar-refractivity contribution in [1.29, 1.82) is 0 Å². The van der Waals surface area contributed by atoms with Crippen LogP contribution >= 0.6 is 0 Å². The summed E-state index contributed by atoms with van der Waals surface area (Å²) in [5.74, 6) is 7.94. The summed E-state index contributed by atoms with van der Waals surface area (Å²) in [6.45, 7) is 9.46. The van der Waals surface area contributed by atoms with E-state index in [0.717, 1.165) is 23.8 Å². The van der Waals surface area contributed by atoms with Crippen LogP contribution in [0.5, 0.6) is 0 Å². The first-order valence-electron chi connectivity index (χ1n) is 6.26. The minimum absolute atomic E-state index is 0.0969. The van der Waals surface area contributed by atoms with E-state index in [1.165, 1.54) is 0 Å². The molecule has 6 heteroatoms. The lowest BCUT2D eigenvalue weighted by Crippen LogP contribution is -2.29. The van der Waals surface area contributed by atoms with Crippen LogP contribution in [0.3, 0.4) is 0 Å². The third-order valence-corrected chi connectivity index (χ3v) is 2.84. The zero-order chi connectivity index (χ0) is 13.7. The Labute approximate surface area is 108 Å². The molecule has 1 heterocycles. The van der Waals surface area contributed by atoms with E-state index in [0.29, 0.717) is 12.4 Å². The normalized spacial score (nSPS) is 10.8. The minimum Gasteiger partial charge on any atom is -0.395 e. The van der Waals surface area contributed by atoms with Crippen molar-refractivity contribution in [2.75, 3.05) is 30.0 Å². The van der Waals surface area contributed by atoms with Gasteiger partial charge < -0.3 is 15.4 Å². The van der Waals surface area contributed by atoms with Crippen molar-refractivity contribution < 1.29 is 5.11 Å². The molecule has 0 aliphatic heterocycles. The van der Waals surface area contributed by atoms with Crippen LogP contribution in [0.25, 0.3) is 0 Å². The number of aromatic nitrogens is 2. The summed E-state index contributed by atoms with van der Waals surface area (Å²) in [4.78, 5) is 11.0. The number of rotatable bonds is 6. The molecule has 0 bridgehead atoms. The first kappa shape index (κ1) is 14.7. The van der Waals surface area contributed by atoms with Gasteiger partial charge in [-0.15, -0.1) is 0 Å². The average molecular weight is 253 g/mol. The van der Waals surface area contributed by atoms with Gasteiger partial charge in [0.25, 0.3) is 0 Å². The fourth-order valence-electron chi connectivity index (χ4n) is 1.76. The van der Waals surface area contributed by atoms with E-state index in [4.69, 9.17) is 10.9 Å². The van der Waals surface area contributed by atoms with Crippen LogP contribution in [0.4, 0.5) is 11.6 Å². The SMILES string of the molecule is CCN(CCO)c1nc(C(C)C)nc(NN)c1C. The van der Waals surface area contributed by atoms with Gasteiger partial charge >= 0.3 is 0 Å². The molecule has 1 rings (SSSR count). The molecule has 4 N–H and O–H groups in total. The predicted octanol–water partition coefficient (Wildman–Crippen LogP) is 1.01. The Morgan fingerprint density at radius 1 is 1.39 bits per heavy atom. The van der Waals surface area contributed by atoms with E-state index in [-0.39, 0.29) is 12.5 Å². The molecule has 102 valence electrons. The molecule has 6 nitrogen and oxygen atoms in total. The summed E-state index contributed by atoms with van der Waals surface area (Å²) >= 11 is 0. The predicted molar refractivity (Wildman–Crippen MR) is 73.6 cm³/mol. The third-order valence-electron chi connectivity index (χ3n) is 2.84. The second kappa shape index (κ2) is 6.51. The number of hydrogen-bond acceptors (Lipinski definition) is 6. The van der Waals surface area contributed by atoms with Gasteiger partial charge in [-0.25, -0.2) is 15.8 Å². The number of likely N-dealkylation sites (N-methyl/N-ethyl adjacent to an activating group) is 1. The van der Waals surface area contributed by atoms with E-state index in [2.05, 4.69) is 15.4 Å². The number of aliphatic hydroxyl groups is 1. The Balaban J connectivity index is 3.26. The van der Waals surface area contributed by atoms with Crippen molar-refractivity contribution in [1.82, 2.24) is 9.97 Å². The number of nitrogens with one attached hydrogen (secondary N) is 1. The lowest BCUT2D eigenvalue weighted by molar-refractivity contribution is 0.302. The molecule has 0 spiro atoms. The molecule has 0 radical (unpaired) electrons. The molecule has 1 aromatic heterocycles. The fraction of sp³-hybridized carbons (Fsp3) is 0.667. The van der Waals surface area contributed by atoms with E-state index in [1.54, 1.807) is 0 Å². The fourth-order valence-corrected chi connectivity index (χ4v) is 1.76. The van der Waals surface area contributed by atoms with Gasteiger partial charge in [-0.2, -0.15) is 0 Å². The number of nitrogens with two attached hydrogens (primary N) is 1. The number of nitrogen functional groups attached to an aromatic ring is 1. The molecule has 0 unspecified atom stereocenters. The van der Waals surface area contributed by atoms with Gasteiger partial charge in [0.15, 0.2) is 0 Å².